The van der Waals surface area contributed by atoms with E-state index >= 15 is 0 Å². The van der Waals surface area contributed by atoms with Crippen LogP contribution >= 0.6 is 34.7 Å². The van der Waals surface area contributed by atoms with Gasteiger partial charge in [0, 0.05) is 29.6 Å². The number of nitrogens with one attached hydrogen (secondary N) is 1. The van der Waals surface area contributed by atoms with E-state index in [2.05, 4.69) is 22.1 Å². The van der Waals surface area contributed by atoms with E-state index in [0.717, 1.165) is 5.82 Å². The molecule has 0 saturated heterocycles. The number of anilines is 1. The summed E-state index contributed by atoms with van der Waals surface area (Å²) in [6.07, 6.45) is 2.40. The minimum Gasteiger partial charge on any atom is -0.325 e. The molecule has 0 bridgehead atoms. The molecule has 11 heteroatoms. The van der Waals surface area contributed by atoms with E-state index < -0.39 is 4.92 Å². The number of aromatic nitrogens is 3. The van der Waals surface area contributed by atoms with Crippen molar-refractivity contribution in [2.45, 2.75) is 18.1 Å². The number of thioether (sulfide) groups is 1. The molecule has 2 aromatic heterocycles. The predicted octanol–water partition coefficient (Wildman–Crippen LogP) is 4.41. The number of halogens is 1. The molecule has 3 aromatic rings. The third-order valence-electron chi connectivity index (χ3n) is 3.78. The fraction of sp³-hybridized carbons (Fsp3) is 0.167. The molecule has 0 fully saturated rings. The highest BCUT2D eigenvalue weighted by Crippen LogP contribution is 2.27. The minimum absolute atomic E-state index is 0.0122. The Kier molecular flexibility index (Phi) is 7.02. The Labute approximate surface area is 179 Å². The number of nitro groups is 1. The highest BCUT2D eigenvalue weighted by atomic mass is 35.5. The lowest BCUT2D eigenvalue weighted by Gasteiger charge is -2.08. The number of thiophene rings is 1. The van der Waals surface area contributed by atoms with Crippen molar-refractivity contribution in [1.82, 2.24) is 14.8 Å². The molecular weight excluding hydrogens is 434 g/mol. The van der Waals surface area contributed by atoms with Crippen molar-refractivity contribution in [2.24, 2.45) is 0 Å². The van der Waals surface area contributed by atoms with E-state index in [1.165, 1.54) is 34.8 Å². The molecule has 0 radical (unpaired) electrons. The summed E-state index contributed by atoms with van der Waals surface area (Å²) in [5.41, 5.74) is 0.0405. The summed E-state index contributed by atoms with van der Waals surface area (Å²) in [5, 5.41) is 24.6. The number of amides is 1. The van der Waals surface area contributed by atoms with Gasteiger partial charge in [0.15, 0.2) is 5.16 Å². The fourth-order valence-corrected chi connectivity index (χ4v) is 4.15. The number of hydrogen-bond acceptors (Lipinski definition) is 7. The second-order valence-electron chi connectivity index (χ2n) is 5.81. The van der Waals surface area contributed by atoms with Crippen LogP contribution in [0.2, 0.25) is 5.02 Å². The highest BCUT2D eigenvalue weighted by Gasteiger charge is 2.16. The minimum atomic E-state index is -0.598. The van der Waals surface area contributed by atoms with Gasteiger partial charge in [0.2, 0.25) is 5.91 Å². The number of allylic oxidation sites excluding steroid dienone is 1. The molecular formula is C18H16ClN5O3S2. The van der Waals surface area contributed by atoms with Gasteiger partial charge in [-0.3, -0.25) is 14.9 Å². The number of hydrogen-bond donors (Lipinski definition) is 1. The Morgan fingerprint density at radius 1 is 1.41 bits per heavy atom. The van der Waals surface area contributed by atoms with Gasteiger partial charge >= 0.3 is 0 Å². The number of carbonyl (C=O) groups excluding carboxylic acids is 1. The van der Waals surface area contributed by atoms with Gasteiger partial charge in [-0.2, -0.15) is 0 Å². The van der Waals surface area contributed by atoms with Crippen LogP contribution in [0.5, 0.6) is 0 Å². The van der Waals surface area contributed by atoms with Gasteiger partial charge < -0.3 is 9.88 Å². The summed E-state index contributed by atoms with van der Waals surface area (Å²) in [4.78, 5) is 23.8. The second kappa shape index (κ2) is 9.68. The molecule has 0 aliphatic carbocycles. The SMILES string of the molecule is C=CCn1c(Cc2cccs2)nnc1SCC(=O)Nc1ccc(Cl)c([N+](=O)[O-])c1. The van der Waals surface area contributed by atoms with Gasteiger partial charge in [-0.1, -0.05) is 35.5 Å². The van der Waals surface area contributed by atoms with Crippen LogP contribution in [0.1, 0.15) is 10.7 Å². The maximum Gasteiger partial charge on any atom is 0.289 e. The van der Waals surface area contributed by atoms with Gasteiger partial charge in [0.05, 0.1) is 10.7 Å². The zero-order valence-electron chi connectivity index (χ0n) is 15.1. The Hall–Kier alpha value is -2.69. The zero-order chi connectivity index (χ0) is 20.8. The summed E-state index contributed by atoms with van der Waals surface area (Å²) < 4.78 is 1.91. The molecule has 8 nitrogen and oxygen atoms in total. The molecule has 3 rings (SSSR count). The van der Waals surface area contributed by atoms with E-state index in [0.29, 0.717) is 23.8 Å². The summed E-state index contributed by atoms with van der Waals surface area (Å²) >= 11 is 8.66. The normalized spacial score (nSPS) is 10.7. The van der Waals surface area contributed by atoms with Crippen molar-refractivity contribution >= 4 is 52.0 Å². The Morgan fingerprint density at radius 2 is 2.24 bits per heavy atom. The molecule has 2 heterocycles. The number of nitrogens with zero attached hydrogens (tertiary/aromatic N) is 4. The third kappa shape index (κ3) is 5.43. The van der Waals surface area contributed by atoms with Crippen LogP contribution < -0.4 is 5.32 Å². The van der Waals surface area contributed by atoms with Crippen molar-refractivity contribution in [1.29, 1.82) is 0 Å². The molecule has 29 heavy (non-hydrogen) atoms. The molecule has 1 amide bonds. The Balaban J connectivity index is 1.65. The topological polar surface area (TPSA) is 103 Å². The molecule has 0 saturated carbocycles. The van der Waals surface area contributed by atoms with Gasteiger partial charge in [0.25, 0.3) is 5.69 Å². The lowest BCUT2D eigenvalue weighted by Crippen LogP contribution is -2.15. The van der Waals surface area contributed by atoms with E-state index in [4.69, 9.17) is 11.6 Å². The predicted molar refractivity (Wildman–Crippen MR) is 115 cm³/mol. The van der Waals surface area contributed by atoms with E-state index in [-0.39, 0.29) is 22.4 Å². The van der Waals surface area contributed by atoms with Crippen LogP contribution in [-0.2, 0) is 17.8 Å². The molecule has 1 aromatic carbocycles. The first-order chi connectivity index (χ1) is 14.0. The zero-order valence-corrected chi connectivity index (χ0v) is 17.5. The van der Waals surface area contributed by atoms with Crippen molar-refractivity contribution in [3.05, 3.63) is 74.2 Å². The first-order valence-corrected chi connectivity index (χ1v) is 10.6. The molecule has 1 N–H and O–H groups in total. The first kappa shape index (κ1) is 21.0. The first-order valence-electron chi connectivity index (χ1n) is 8.40. The van der Waals surface area contributed by atoms with Crippen LogP contribution in [-0.4, -0.2) is 31.3 Å². The third-order valence-corrected chi connectivity index (χ3v) is 5.94. The largest absolute Gasteiger partial charge is 0.325 e. The standard InChI is InChI=1S/C18H16ClN5O3S2/c1-2-7-23-16(10-13-4-3-8-28-13)21-22-18(23)29-11-17(25)20-12-5-6-14(19)15(9-12)24(26)27/h2-6,8-9H,1,7,10-11H2,(H,20,25). The van der Waals surface area contributed by atoms with Gasteiger partial charge in [-0.05, 0) is 23.6 Å². The maximum absolute atomic E-state index is 12.3. The van der Waals surface area contributed by atoms with Crippen LogP contribution in [0.15, 0.2) is 53.5 Å². The van der Waals surface area contributed by atoms with Crippen LogP contribution in [0.3, 0.4) is 0 Å². The van der Waals surface area contributed by atoms with E-state index in [9.17, 15) is 14.9 Å². The van der Waals surface area contributed by atoms with Crippen molar-refractivity contribution in [3.63, 3.8) is 0 Å². The number of benzene rings is 1. The van der Waals surface area contributed by atoms with Gasteiger partial charge in [-0.25, -0.2) is 0 Å². The Morgan fingerprint density at radius 3 is 2.93 bits per heavy atom. The lowest BCUT2D eigenvalue weighted by molar-refractivity contribution is -0.384. The van der Waals surface area contributed by atoms with Crippen molar-refractivity contribution in [3.8, 4) is 0 Å². The summed E-state index contributed by atoms with van der Waals surface area (Å²) in [6.45, 7) is 4.30. The number of rotatable bonds is 9. The van der Waals surface area contributed by atoms with E-state index in [1.807, 2.05) is 22.1 Å². The van der Waals surface area contributed by atoms with Crippen LogP contribution in [0.4, 0.5) is 11.4 Å². The van der Waals surface area contributed by atoms with Crippen LogP contribution in [0, 0.1) is 10.1 Å². The summed E-state index contributed by atoms with van der Waals surface area (Å²) in [7, 11) is 0. The quantitative estimate of drug-likeness (QED) is 0.224. The average molecular weight is 450 g/mol. The molecule has 0 unspecified atom stereocenters. The maximum atomic E-state index is 12.3. The Bertz CT molecular complexity index is 1040. The smallest absolute Gasteiger partial charge is 0.289 e. The summed E-state index contributed by atoms with van der Waals surface area (Å²) in [5.74, 6) is 0.549. The monoisotopic (exact) mass is 449 g/mol. The molecule has 0 atom stereocenters. The summed E-state index contributed by atoms with van der Waals surface area (Å²) in [6, 6.07) is 8.12. The average Bonchev–Trinajstić information content (AvgIpc) is 3.33. The van der Waals surface area contributed by atoms with Gasteiger partial charge in [-0.15, -0.1) is 28.1 Å². The molecule has 0 spiro atoms. The highest BCUT2D eigenvalue weighted by molar-refractivity contribution is 7.99. The van der Waals surface area contributed by atoms with Crippen molar-refractivity contribution in [2.75, 3.05) is 11.1 Å². The van der Waals surface area contributed by atoms with Crippen molar-refractivity contribution < 1.29 is 9.72 Å². The molecule has 0 aliphatic heterocycles. The fourth-order valence-electron chi connectivity index (χ4n) is 2.50. The second-order valence-corrected chi connectivity index (χ2v) is 8.20. The molecule has 150 valence electrons. The lowest BCUT2D eigenvalue weighted by atomic mass is 10.3. The van der Waals surface area contributed by atoms with Crippen LogP contribution in [0.25, 0.3) is 0 Å². The van der Waals surface area contributed by atoms with E-state index in [1.54, 1.807) is 17.4 Å². The molecule has 0 aliphatic rings. The number of nitro benzene ring substituents is 1. The number of carbonyl (C=O) groups is 1. The van der Waals surface area contributed by atoms with Gasteiger partial charge in [0.1, 0.15) is 10.8 Å².